The van der Waals surface area contributed by atoms with Gasteiger partial charge < -0.3 is 14.2 Å². The first-order valence-electron chi connectivity index (χ1n) is 10.4. The van der Waals surface area contributed by atoms with Crippen LogP contribution in [0.1, 0.15) is 23.6 Å². The number of carbonyl (C=O) groups excluding carboxylic acids is 1. The van der Waals surface area contributed by atoms with Crippen molar-refractivity contribution in [2.75, 3.05) is 6.61 Å². The van der Waals surface area contributed by atoms with Crippen molar-refractivity contribution in [2.45, 2.75) is 13.5 Å². The number of rotatable bonds is 8. The number of cyclic esters (lactones) is 1. The van der Waals surface area contributed by atoms with Gasteiger partial charge in [0.2, 0.25) is 5.90 Å². The fourth-order valence-electron chi connectivity index (χ4n) is 3.26. The fourth-order valence-corrected chi connectivity index (χ4v) is 3.73. The number of esters is 1. The smallest absolute Gasteiger partial charge is 0.363 e. The van der Waals surface area contributed by atoms with E-state index in [9.17, 15) is 14.9 Å². The van der Waals surface area contributed by atoms with E-state index in [4.69, 9.17) is 37.4 Å². The molecule has 0 amide bonds. The van der Waals surface area contributed by atoms with Crippen LogP contribution in [0.15, 0.2) is 71.4 Å². The number of hydrogen-bond acceptors (Lipinski definition) is 7. The van der Waals surface area contributed by atoms with Gasteiger partial charge in [-0.05, 0) is 54.5 Å². The Hall–Kier alpha value is -3.88. The predicted octanol–water partition coefficient (Wildman–Crippen LogP) is 6.22. The van der Waals surface area contributed by atoms with Gasteiger partial charge in [-0.3, -0.25) is 10.1 Å². The highest BCUT2D eigenvalue weighted by atomic mass is 35.5. The molecule has 1 heterocycles. The first-order chi connectivity index (χ1) is 16.8. The molecule has 0 atom stereocenters. The van der Waals surface area contributed by atoms with E-state index in [1.807, 2.05) is 25.1 Å². The first-order valence-corrected chi connectivity index (χ1v) is 11.2. The lowest BCUT2D eigenvalue weighted by atomic mass is 10.1. The van der Waals surface area contributed by atoms with Crippen LogP contribution in [0.2, 0.25) is 10.0 Å². The number of carbonyl (C=O) groups is 1. The molecule has 0 saturated heterocycles. The van der Waals surface area contributed by atoms with Gasteiger partial charge in [0.25, 0.3) is 5.69 Å². The van der Waals surface area contributed by atoms with Gasteiger partial charge in [0.05, 0.1) is 22.1 Å². The van der Waals surface area contributed by atoms with E-state index in [2.05, 4.69) is 4.99 Å². The van der Waals surface area contributed by atoms with E-state index in [-0.39, 0.29) is 27.9 Å². The molecule has 10 heteroatoms. The zero-order valence-electron chi connectivity index (χ0n) is 18.4. The maximum atomic E-state index is 12.4. The average Bonchev–Trinajstić information content (AvgIpc) is 3.18. The molecule has 0 N–H and O–H groups in total. The summed E-state index contributed by atoms with van der Waals surface area (Å²) in [5.74, 6) is 0.323. The molecule has 0 aromatic heterocycles. The third-order valence-electron chi connectivity index (χ3n) is 4.87. The minimum atomic E-state index is -0.673. The van der Waals surface area contributed by atoms with Crippen LogP contribution in [0.3, 0.4) is 0 Å². The molecule has 0 fully saturated rings. The highest BCUT2D eigenvalue weighted by Gasteiger charge is 2.26. The summed E-state index contributed by atoms with van der Waals surface area (Å²) < 4.78 is 16.9. The van der Waals surface area contributed by atoms with Gasteiger partial charge in [-0.2, -0.15) is 0 Å². The molecule has 35 heavy (non-hydrogen) atoms. The highest BCUT2D eigenvalue weighted by molar-refractivity contribution is 6.34. The number of benzene rings is 3. The van der Waals surface area contributed by atoms with Crippen LogP contribution in [-0.2, 0) is 16.1 Å². The normalized spacial score (nSPS) is 14.0. The van der Waals surface area contributed by atoms with Gasteiger partial charge in [-0.15, -0.1) is 0 Å². The standard InChI is InChI=1S/C25H18Cl2N2O6/c1-2-33-23-12-15(6-9-22(23)34-14-16-4-3-5-17(26)10-16)11-21-25(30)35-24(28-21)19-8-7-18(29(31)32)13-20(19)27/h3-13H,2,14H2,1H3/b21-11-. The van der Waals surface area contributed by atoms with E-state index >= 15 is 0 Å². The SMILES string of the molecule is CCOc1cc(/C=C2\N=C(c3ccc([N+](=O)[O-])cc3Cl)OC2=O)ccc1OCc1cccc(Cl)c1. The topological polar surface area (TPSA) is 100 Å². The quantitative estimate of drug-likeness (QED) is 0.153. The van der Waals surface area contributed by atoms with Crippen LogP contribution in [0.4, 0.5) is 5.69 Å². The van der Waals surface area contributed by atoms with Crippen molar-refractivity contribution in [2.24, 2.45) is 4.99 Å². The molecular formula is C25H18Cl2N2O6. The number of halogens is 2. The predicted molar refractivity (Wildman–Crippen MR) is 132 cm³/mol. The number of ether oxygens (including phenoxy) is 3. The van der Waals surface area contributed by atoms with Crippen molar-refractivity contribution in [1.82, 2.24) is 0 Å². The summed E-state index contributed by atoms with van der Waals surface area (Å²) in [4.78, 5) is 27.0. The monoisotopic (exact) mass is 512 g/mol. The van der Waals surface area contributed by atoms with E-state index in [0.717, 1.165) is 5.56 Å². The Balaban J connectivity index is 1.57. The Morgan fingerprint density at radius 2 is 1.89 bits per heavy atom. The van der Waals surface area contributed by atoms with E-state index in [0.29, 0.717) is 35.3 Å². The van der Waals surface area contributed by atoms with E-state index in [1.54, 1.807) is 24.3 Å². The van der Waals surface area contributed by atoms with Gasteiger partial charge >= 0.3 is 5.97 Å². The third-order valence-corrected chi connectivity index (χ3v) is 5.42. The molecule has 0 bridgehead atoms. The number of nitro benzene ring substituents is 1. The van der Waals surface area contributed by atoms with Crippen LogP contribution >= 0.6 is 23.2 Å². The number of hydrogen-bond donors (Lipinski definition) is 0. The van der Waals surface area contributed by atoms with Crippen LogP contribution < -0.4 is 9.47 Å². The minimum Gasteiger partial charge on any atom is -0.490 e. The van der Waals surface area contributed by atoms with Crippen molar-refractivity contribution in [1.29, 1.82) is 0 Å². The molecular weight excluding hydrogens is 495 g/mol. The molecule has 0 aliphatic carbocycles. The number of nitro groups is 1. The largest absolute Gasteiger partial charge is 0.490 e. The Morgan fingerprint density at radius 1 is 1.06 bits per heavy atom. The second-order valence-corrected chi connectivity index (χ2v) is 8.16. The van der Waals surface area contributed by atoms with Crippen LogP contribution in [0, 0.1) is 10.1 Å². The molecule has 3 aromatic rings. The number of non-ortho nitro benzene ring substituents is 1. The Bertz CT molecular complexity index is 1370. The van der Waals surface area contributed by atoms with Crippen molar-refractivity contribution >= 4 is 46.8 Å². The lowest BCUT2D eigenvalue weighted by molar-refractivity contribution is -0.384. The van der Waals surface area contributed by atoms with Crippen molar-refractivity contribution in [3.63, 3.8) is 0 Å². The maximum Gasteiger partial charge on any atom is 0.363 e. The van der Waals surface area contributed by atoms with Gasteiger partial charge in [0, 0.05) is 17.2 Å². The molecule has 4 rings (SSSR count). The summed E-state index contributed by atoms with van der Waals surface area (Å²) in [6.07, 6.45) is 1.54. The summed E-state index contributed by atoms with van der Waals surface area (Å²) >= 11 is 12.2. The maximum absolute atomic E-state index is 12.4. The molecule has 1 aliphatic heterocycles. The second kappa shape index (κ2) is 10.6. The van der Waals surface area contributed by atoms with E-state index < -0.39 is 10.9 Å². The van der Waals surface area contributed by atoms with Crippen LogP contribution in [0.25, 0.3) is 6.08 Å². The molecule has 0 saturated carbocycles. The first kappa shape index (κ1) is 24.3. The molecule has 0 radical (unpaired) electrons. The van der Waals surface area contributed by atoms with Gasteiger partial charge in [-0.25, -0.2) is 9.79 Å². The van der Waals surface area contributed by atoms with Crippen molar-refractivity contribution < 1.29 is 23.9 Å². The number of aliphatic imine (C=N–C) groups is 1. The van der Waals surface area contributed by atoms with E-state index in [1.165, 1.54) is 24.3 Å². The van der Waals surface area contributed by atoms with Crippen LogP contribution in [-0.4, -0.2) is 23.4 Å². The summed E-state index contributed by atoms with van der Waals surface area (Å²) in [6.45, 7) is 2.57. The summed E-state index contributed by atoms with van der Waals surface area (Å²) in [6, 6.07) is 16.4. The molecule has 0 spiro atoms. The Morgan fingerprint density at radius 3 is 2.60 bits per heavy atom. The highest BCUT2D eigenvalue weighted by Crippen LogP contribution is 2.32. The van der Waals surface area contributed by atoms with Crippen LogP contribution in [0.5, 0.6) is 11.5 Å². The third kappa shape index (κ3) is 5.79. The molecule has 0 unspecified atom stereocenters. The molecule has 8 nitrogen and oxygen atoms in total. The zero-order chi connectivity index (χ0) is 24.9. The lowest BCUT2D eigenvalue weighted by Gasteiger charge is -2.13. The summed E-state index contributed by atoms with van der Waals surface area (Å²) in [5, 5.41) is 11.6. The van der Waals surface area contributed by atoms with Gasteiger partial charge in [0.1, 0.15) is 6.61 Å². The molecule has 1 aliphatic rings. The van der Waals surface area contributed by atoms with Gasteiger partial charge in [-0.1, -0.05) is 41.4 Å². The second-order valence-electron chi connectivity index (χ2n) is 7.32. The summed E-state index contributed by atoms with van der Waals surface area (Å²) in [5.41, 5.74) is 1.68. The Kier molecular flexibility index (Phi) is 7.33. The van der Waals surface area contributed by atoms with Gasteiger partial charge in [0.15, 0.2) is 17.2 Å². The molecule has 178 valence electrons. The summed E-state index contributed by atoms with van der Waals surface area (Å²) in [7, 11) is 0. The minimum absolute atomic E-state index is 0.0346. The lowest BCUT2D eigenvalue weighted by Crippen LogP contribution is -2.06. The fraction of sp³-hybridized carbons (Fsp3) is 0.120. The van der Waals surface area contributed by atoms with Crippen molar-refractivity contribution in [3.05, 3.63) is 103 Å². The zero-order valence-corrected chi connectivity index (χ0v) is 19.9. The van der Waals surface area contributed by atoms with Crippen molar-refractivity contribution in [3.8, 4) is 11.5 Å². The number of nitrogens with zero attached hydrogens (tertiary/aromatic N) is 2. The molecule has 3 aromatic carbocycles. The average molecular weight is 513 g/mol. The Labute approximate surface area is 210 Å².